The molecule has 1 aromatic carbocycles. The lowest BCUT2D eigenvalue weighted by atomic mass is 9.84. The molecule has 0 saturated carbocycles. The number of nitrogen functional groups attached to an aromatic ring is 1. The first kappa shape index (κ1) is 15.7. The van der Waals surface area contributed by atoms with Gasteiger partial charge in [0.15, 0.2) is 0 Å². The van der Waals surface area contributed by atoms with Crippen molar-refractivity contribution in [1.82, 2.24) is 0 Å². The predicted octanol–water partition coefficient (Wildman–Crippen LogP) is 2.13. The minimum atomic E-state index is -6.11. The third-order valence-electron chi connectivity index (χ3n) is 2.77. The molecule has 0 saturated heterocycles. The van der Waals surface area contributed by atoms with E-state index in [1.165, 1.54) is 14.8 Å². The van der Waals surface area contributed by atoms with Crippen LogP contribution in [0.15, 0.2) is 12.1 Å². The topological polar surface area (TPSA) is 26.0 Å². The second-order valence-electron chi connectivity index (χ2n) is 4.18. The second kappa shape index (κ2) is 4.31. The Morgan fingerprint density at radius 1 is 0.947 bits per heavy atom. The summed E-state index contributed by atoms with van der Waals surface area (Å²) in [6.45, 7) is 1.21. The van der Waals surface area contributed by atoms with Gasteiger partial charge < -0.3 is 5.73 Å². The summed E-state index contributed by atoms with van der Waals surface area (Å²) in [5, 5.41) is 0. The van der Waals surface area contributed by atoms with Gasteiger partial charge >= 0.3 is 18.0 Å². The van der Waals surface area contributed by atoms with Crippen molar-refractivity contribution in [3.63, 3.8) is 0 Å². The number of benzene rings is 1. The van der Waals surface area contributed by atoms with Gasteiger partial charge in [0.1, 0.15) is 7.85 Å². The van der Waals surface area contributed by atoms with Crippen molar-refractivity contribution in [2.75, 3.05) is 5.73 Å². The molecule has 2 N–H and O–H groups in total. The van der Waals surface area contributed by atoms with Crippen molar-refractivity contribution in [3.8, 4) is 0 Å². The molecule has 0 amide bonds. The molecule has 1 rings (SSSR count). The van der Waals surface area contributed by atoms with E-state index < -0.39 is 23.6 Å². The number of hydrogen-bond acceptors (Lipinski definition) is 1. The summed E-state index contributed by atoms with van der Waals surface area (Å²) in [4.78, 5) is 0. The Morgan fingerprint density at radius 2 is 1.37 bits per heavy atom. The SMILES string of the molecule is Bc1cc(C(F)(C(F)(F)F)C(F)(F)F)cc(C)c1N. The van der Waals surface area contributed by atoms with Crippen molar-refractivity contribution in [2.24, 2.45) is 0 Å². The molecule has 0 atom stereocenters. The van der Waals surface area contributed by atoms with E-state index in [-0.39, 0.29) is 16.7 Å². The molecule has 0 fully saturated rings. The molecule has 0 unspecified atom stereocenters. The van der Waals surface area contributed by atoms with E-state index in [2.05, 4.69) is 0 Å². The number of hydrogen-bond donors (Lipinski definition) is 1. The predicted molar refractivity (Wildman–Crippen MR) is 58.7 cm³/mol. The van der Waals surface area contributed by atoms with Crippen molar-refractivity contribution in [1.29, 1.82) is 0 Å². The molecule has 1 aromatic rings. The average molecular weight is 287 g/mol. The van der Waals surface area contributed by atoms with Gasteiger partial charge in [-0.3, -0.25) is 0 Å². The number of aryl methyl sites for hydroxylation is 1. The Hall–Kier alpha value is -1.41. The lowest BCUT2D eigenvalue weighted by molar-refractivity contribution is -0.348. The van der Waals surface area contributed by atoms with Crippen LogP contribution in [-0.4, -0.2) is 20.2 Å². The maximum Gasteiger partial charge on any atom is 0.435 e. The molecule has 0 heterocycles. The molecule has 0 aromatic heterocycles. The number of halogens is 7. The molecular formula is C10H9BF7N. The summed E-state index contributed by atoms with van der Waals surface area (Å²) >= 11 is 0. The zero-order chi connectivity index (χ0) is 15.2. The van der Waals surface area contributed by atoms with Crippen molar-refractivity contribution >= 4 is 19.0 Å². The third kappa shape index (κ3) is 2.37. The summed E-state index contributed by atoms with van der Waals surface area (Å²) in [6.07, 6.45) is -12.2. The van der Waals surface area contributed by atoms with Crippen molar-refractivity contribution in [2.45, 2.75) is 24.9 Å². The maximum atomic E-state index is 13.7. The third-order valence-corrected chi connectivity index (χ3v) is 2.77. The van der Waals surface area contributed by atoms with Crippen LogP contribution in [0.4, 0.5) is 36.4 Å². The van der Waals surface area contributed by atoms with Gasteiger partial charge in [-0.2, -0.15) is 26.3 Å². The monoisotopic (exact) mass is 287 g/mol. The molecule has 0 bridgehead atoms. The minimum Gasteiger partial charge on any atom is -0.399 e. The Bertz CT molecular complexity index is 455. The zero-order valence-electron chi connectivity index (χ0n) is 9.88. The summed E-state index contributed by atoms with van der Waals surface area (Å²) in [6, 6.07) is 0.923. The van der Waals surface area contributed by atoms with Crippen LogP contribution in [0.25, 0.3) is 0 Å². The molecule has 9 heteroatoms. The number of anilines is 1. The Morgan fingerprint density at radius 3 is 1.68 bits per heavy atom. The van der Waals surface area contributed by atoms with E-state index in [1.807, 2.05) is 0 Å². The smallest absolute Gasteiger partial charge is 0.399 e. The van der Waals surface area contributed by atoms with Crippen LogP contribution in [0.5, 0.6) is 0 Å². The van der Waals surface area contributed by atoms with E-state index in [0.29, 0.717) is 12.1 Å². The fourth-order valence-electron chi connectivity index (χ4n) is 1.66. The highest BCUT2D eigenvalue weighted by Gasteiger charge is 2.73. The molecular weight excluding hydrogens is 278 g/mol. The second-order valence-corrected chi connectivity index (χ2v) is 4.18. The van der Waals surface area contributed by atoms with E-state index >= 15 is 0 Å². The lowest BCUT2D eigenvalue weighted by Gasteiger charge is -2.31. The highest BCUT2D eigenvalue weighted by Crippen LogP contribution is 2.53. The lowest BCUT2D eigenvalue weighted by Crippen LogP contribution is -2.50. The van der Waals surface area contributed by atoms with Crippen molar-refractivity contribution < 1.29 is 30.7 Å². The number of alkyl halides is 7. The summed E-state index contributed by atoms with van der Waals surface area (Å²) in [7, 11) is 1.21. The van der Waals surface area contributed by atoms with E-state index in [4.69, 9.17) is 5.73 Å². The summed E-state index contributed by atoms with van der Waals surface area (Å²) in [5.41, 5.74) is -1.58. The van der Waals surface area contributed by atoms with E-state index in [0.717, 1.165) is 0 Å². The standard InChI is InChI=1S/C10H9BF7N/c1-4-2-5(3-6(11)7(4)19)8(12,9(13,14)15)10(16,17)18/h2-3H,11,19H2,1H3. The van der Waals surface area contributed by atoms with Gasteiger partial charge in [-0.15, -0.1) is 0 Å². The molecule has 19 heavy (non-hydrogen) atoms. The molecule has 1 nitrogen and oxygen atoms in total. The zero-order valence-corrected chi connectivity index (χ0v) is 9.88. The van der Waals surface area contributed by atoms with Gasteiger partial charge in [0.05, 0.1) is 0 Å². The molecule has 106 valence electrons. The van der Waals surface area contributed by atoms with Crippen LogP contribution in [0.2, 0.25) is 0 Å². The van der Waals surface area contributed by atoms with E-state index in [1.54, 1.807) is 0 Å². The van der Waals surface area contributed by atoms with E-state index in [9.17, 15) is 30.7 Å². The number of nitrogens with two attached hydrogens (primary N) is 1. The molecule has 0 spiro atoms. The Kier molecular flexibility index (Phi) is 3.55. The summed E-state index contributed by atoms with van der Waals surface area (Å²) < 4.78 is 88.9. The van der Waals surface area contributed by atoms with Crippen LogP contribution in [0.1, 0.15) is 11.1 Å². The van der Waals surface area contributed by atoms with Gasteiger partial charge in [0.25, 0.3) is 0 Å². The largest absolute Gasteiger partial charge is 0.435 e. The quantitative estimate of drug-likeness (QED) is 0.478. The molecule has 0 aliphatic carbocycles. The van der Waals surface area contributed by atoms with Crippen LogP contribution < -0.4 is 11.2 Å². The Labute approximate surface area is 105 Å². The normalized spacial score (nSPS) is 13.7. The first-order chi connectivity index (χ1) is 8.32. The first-order valence-corrected chi connectivity index (χ1v) is 5.02. The average Bonchev–Trinajstić information content (AvgIpc) is 2.20. The van der Waals surface area contributed by atoms with Crippen LogP contribution >= 0.6 is 0 Å². The van der Waals surface area contributed by atoms with Crippen molar-refractivity contribution in [3.05, 3.63) is 23.3 Å². The van der Waals surface area contributed by atoms with Gasteiger partial charge in [-0.05, 0) is 12.5 Å². The molecule has 0 aliphatic rings. The molecule has 0 radical (unpaired) electrons. The summed E-state index contributed by atoms with van der Waals surface area (Å²) in [5.74, 6) is 0. The van der Waals surface area contributed by atoms with Gasteiger partial charge in [-0.1, -0.05) is 17.6 Å². The fraction of sp³-hybridized carbons (Fsp3) is 0.400. The van der Waals surface area contributed by atoms with Gasteiger partial charge in [0.2, 0.25) is 0 Å². The molecule has 0 aliphatic heterocycles. The van der Waals surface area contributed by atoms with Gasteiger partial charge in [0, 0.05) is 11.3 Å². The van der Waals surface area contributed by atoms with Crippen LogP contribution in [-0.2, 0) is 5.67 Å². The first-order valence-electron chi connectivity index (χ1n) is 5.02. The van der Waals surface area contributed by atoms with Crippen LogP contribution in [0.3, 0.4) is 0 Å². The minimum absolute atomic E-state index is 0.0236. The van der Waals surface area contributed by atoms with Crippen LogP contribution in [0, 0.1) is 6.92 Å². The number of rotatable bonds is 1. The highest BCUT2D eigenvalue weighted by atomic mass is 19.4. The highest BCUT2D eigenvalue weighted by molar-refractivity contribution is 6.35. The Balaban J connectivity index is 3.62. The fourth-order valence-corrected chi connectivity index (χ4v) is 1.66. The maximum absolute atomic E-state index is 13.7. The van der Waals surface area contributed by atoms with Gasteiger partial charge in [-0.25, -0.2) is 4.39 Å².